The van der Waals surface area contributed by atoms with Crippen molar-refractivity contribution in [2.45, 2.75) is 12.7 Å². The Kier molecular flexibility index (Phi) is 5.49. The number of ether oxygens (including phenoxy) is 1. The molecule has 2 aromatic rings. The molecule has 0 fully saturated rings. The molecule has 1 aromatic carbocycles. The van der Waals surface area contributed by atoms with Gasteiger partial charge >= 0.3 is 0 Å². The normalized spacial score (nSPS) is 11.0. The zero-order valence-electron chi connectivity index (χ0n) is 10.8. The summed E-state index contributed by atoms with van der Waals surface area (Å²) in [5.41, 5.74) is 0. The molecule has 19 heavy (non-hydrogen) atoms. The summed E-state index contributed by atoms with van der Waals surface area (Å²) >= 11 is 1.71. The van der Waals surface area contributed by atoms with Crippen molar-refractivity contribution in [2.75, 3.05) is 12.4 Å². The van der Waals surface area contributed by atoms with E-state index >= 15 is 0 Å². The number of hydrogen-bond acceptors (Lipinski definition) is 5. The van der Waals surface area contributed by atoms with Gasteiger partial charge in [-0.1, -0.05) is 24.3 Å². The Bertz CT molecular complexity index is 511. The molecule has 100 valence electrons. The summed E-state index contributed by atoms with van der Waals surface area (Å²) in [6.45, 7) is 2.59. The monoisotopic (exact) mass is 276 g/mol. The number of hydrogen-bond donors (Lipinski definition) is 0. The highest BCUT2D eigenvalue weighted by Gasteiger charge is 2.03. The molecule has 0 amide bonds. The first-order chi connectivity index (χ1) is 9.38. The summed E-state index contributed by atoms with van der Waals surface area (Å²) in [4.78, 5) is 0. The van der Waals surface area contributed by atoms with E-state index in [2.05, 4.69) is 10.2 Å². The first-order valence-electron chi connectivity index (χ1n) is 6.09. The lowest BCUT2D eigenvalue weighted by Crippen LogP contribution is -2.00. The van der Waals surface area contributed by atoms with Crippen LogP contribution in [0.25, 0.3) is 6.08 Å². The Labute approximate surface area is 116 Å². The van der Waals surface area contributed by atoms with E-state index in [0.29, 0.717) is 24.1 Å². The van der Waals surface area contributed by atoms with E-state index in [1.54, 1.807) is 17.8 Å². The molecule has 0 saturated heterocycles. The lowest BCUT2D eigenvalue weighted by atomic mass is 10.3. The summed E-state index contributed by atoms with van der Waals surface area (Å²) in [6.07, 6.45) is 3.66. The molecule has 0 unspecified atom stereocenters. The third kappa shape index (κ3) is 4.79. The minimum atomic E-state index is 0.554. The van der Waals surface area contributed by atoms with E-state index in [0.717, 1.165) is 11.5 Å². The maximum Gasteiger partial charge on any atom is 0.240 e. The molecule has 1 heterocycles. The van der Waals surface area contributed by atoms with Gasteiger partial charge in [-0.25, -0.2) is 0 Å². The zero-order chi connectivity index (χ0) is 13.3. The Morgan fingerprint density at radius 2 is 2.11 bits per heavy atom. The van der Waals surface area contributed by atoms with E-state index in [4.69, 9.17) is 9.15 Å². The van der Waals surface area contributed by atoms with Gasteiger partial charge in [0.15, 0.2) is 0 Å². The average Bonchev–Trinajstić information content (AvgIpc) is 2.88. The number of allylic oxidation sites excluding steroid dienone is 1. The number of thioether (sulfide) groups is 1. The van der Waals surface area contributed by atoms with Gasteiger partial charge in [-0.15, -0.1) is 22.0 Å². The van der Waals surface area contributed by atoms with Crippen LogP contribution in [0.3, 0.4) is 0 Å². The molecule has 0 aliphatic heterocycles. The van der Waals surface area contributed by atoms with Crippen LogP contribution in [0, 0.1) is 0 Å². The van der Waals surface area contributed by atoms with Crippen molar-refractivity contribution in [3.05, 3.63) is 48.2 Å². The molecule has 0 saturated carbocycles. The second-order valence-electron chi connectivity index (χ2n) is 3.75. The molecular weight excluding hydrogens is 260 g/mol. The van der Waals surface area contributed by atoms with Gasteiger partial charge in [-0.2, -0.15) is 0 Å². The Balaban J connectivity index is 1.64. The predicted molar refractivity (Wildman–Crippen MR) is 77.1 cm³/mol. The maximum atomic E-state index is 5.59. The van der Waals surface area contributed by atoms with Crippen LogP contribution in [0.1, 0.15) is 18.7 Å². The van der Waals surface area contributed by atoms with Crippen LogP contribution in [0.2, 0.25) is 0 Å². The number of aromatic nitrogens is 2. The lowest BCUT2D eigenvalue weighted by Gasteiger charge is -2.04. The topological polar surface area (TPSA) is 48.2 Å². The van der Waals surface area contributed by atoms with Crippen LogP contribution in [0.5, 0.6) is 5.75 Å². The second kappa shape index (κ2) is 7.63. The van der Waals surface area contributed by atoms with Crippen molar-refractivity contribution in [3.8, 4) is 5.75 Å². The standard InChI is InChI=1S/C14H16N2O2S/c1-2-6-13-15-16-14(18-13)11-19-10-9-17-12-7-4-3-5-8-12/h2-8H,9-11H2,1H3/b6-2+. The SMILES string of the molecule is C/C=C/c1nnc(CSCCOc2ccccc2)o1. The largest absolute Gasteiger partial charge is 0.493 e. The van der Waals surface area contributed by atoms with Crippen LogP contribution in [0.15, 0.2) is 40.8 Å². The van der Waals surface area contributed by atoms with Gasteiger partial charge in [0.2, 0.25) is 11.8 Å². The molecule has 0 radical (unpaired) electrons. The fourth-order valence-electron chi connectivity index (χ4n) is 1.43. The van der Waals surface area contributed by atoms with E-state index in [-0.39, 0.29) is 0 Å². The maximum absolute atomic E-state index is 5.59. The molecule has 2 rings (SSSR count). The van der Waals surface area contributed by atoms with Crippen LogP contribution in [-0.2, 0) is 5.75 Å². The summed E-state index contributed by atoms with van der Waals surface area (Å²) in [5, 5.41) is 7.87. The van der Waals surface area contributed by atoms with E-state index in [9.17, 15) is 0 Å². The number of nitrogens with zero attached hydrogens (tertiary/aromatic N) is 2. The van der Waals surface area contributed by atoms with Gasteiger partial charge in [0.05, 0.1) is 12.4 Å². The average molecular weight is 276 g/mol. The summed E-state index contributed by atoms with van der Waals surface area (Å²) in [7, 11) is 0. The fraction of sp³-hybridized carbons (Fsp3) is 0.286. The van der Waals surface area contributed by atoms with Crippen molar-refractivity contribution >= 4 is 17.8 Å². The van der Waals surface area contributed by atoms with Gasteiger partial charge in [0.25, 0.3) is 0 Å². The molecular formula is C14H16N2O2S. The number of rotatable bonds is 7. The van der Waals surface area contributed by atoms with Crippen molar-refractivity contribution < 1.29 is 9.15 Å². The molecule has 0 N–H and O–H groups in total. The summed E-state index contributed by atoms with van der Waals surface area (Å²) < 4.78 is 11.0. The van der Waals surface area contributed by atoms with E-state index in [1.807, 2.05) is 43.3 Å². The molecule has 0 aliphatic rings. The fourth-order valence-corrected chi connectivity index (χ4v) is 2.07. The highest BCUT2D eigenvalue weighted by atomic mass is 32.2. The molecule has 0 spiro atoms. The minimum Gasteiger partial charge on any atom is -0.493 e. The van der Waals surface area contributed by atoms with Crippen LogP contribution >= 0.6 is 11.8 Å². The van der Waals surface area contributed by atoms with Gasteiger partial charge in [0.1, 0.15) is 5.75 Å². The third-order valence-electron chi connectivity index (χ3n) is 2.26. The van der Waals surface area contributed by atoms with Gasteiger partial charge in [-0.05, 0) is 25.1 Å². The molecule has 1 aromatic heterocycles. The van der Waals surface area contributed by atoms with E-state index in [1.165, 1.54) is 0 Å². The Morgan fingerprint density at radius 1 is 1.26 bits per heavy atom. The molecule has 0 atom stereocenters. The minimum absolute atomic E-state index is 0.554. The van der Waals surface area contributed by atoms with Gasteiger partial charge in [0, 0.05) is 5.75 Å². The van der Waals surface area contributed by atoms with Crippen molar-refractivity contribution in [2.24, 2.45) is 0 Å². The molecule has 0 aliphatic carbocycles. The predicted octanol–water partition coefficient (Wildman–Crippen LogP) is 3.41. The highest BCUT2D eigenvalue weighted by molar-refractivity contribution is 7.98. The lowest BCUT2D eigenvalue weighted by molar-refractivity contribution is 0.344. The van der Waals surface area contributed by atoms with Gasteiger partial charge < -0.3 is 9.15 Å². The van der Waals surface area contributed by atoms with Crippen molar-refractivity contribution in [1.82, 2.24) is 10.2 Å². The van der Waals surface area contributed by atoms with Crippen LogP contribution in [-0.4, -0.2) is 22.6 Å². The highest BCUT2D eigenvalue weighted by Crippen LogP contribution is 2.13. The second-order valence-corrected chi connectivity index (χ2v) is 4.85. The number of para-hydroxylation sites is 1. The first kappa shape index (κ1) is 13.7. The molecule has 4 nitrogen and oxygen atoms in total. The Hall–Kier alpha value is -1.75. The first-order valence-corrected chi connectivity index (χ1v) is 7.24. The summed E-state index contributed by atoms with van der Waals surface area (Å²) in [5.74, 6) is 3.70. The zero-order valence-corrected chi connectivity index (χ0v) is 11.6. The Morgan fingerprint density at radius 3 is 2.89 bits per heavy atom. The quantitative estimate of drug-likeness (QED) is 0.725. The smallest absolute Gasteiger partial charge is 0.240 e. The van der Waals surface area contributed by atoms with Gasteiger partial charge in [-0.3, -0.25) is 0 Å². The third-order valence-corrected chi connectivity index (χ3v) is 3.16. The van der Waals surface area contributed by atoms with Crippen LogP contribution in [0.4, 0.5) is 0 Å². The molecule has 5 heteroatoms. The van der Waals surface area contributed by atoms with Crippen LogP contribution < -0.4 is 4.74 Å². The molecule has 0 bridgehead atoms. The van der Waals surface area contributed by atoms with Crippen molar-refractivity contribution in [1.29, 1.82) is 0 Å². The summed E-state index contributed by atoms with van der Waals surface area (Å²) in [6, 6.07) is 9.80. The van der Waals surface area contributed by atoms with Crippen molar-refractivity contribution in [3.63, 3.8) is 0 Å². The van der Waals surface area contributed by atoms with E-state index < -0.39 is 0 Å². The number of benzene rings is 1.